The van der Waals surface area contributed by atoms with E-state index in [1.54, 1.807) is 10.9 Å². The standard InChI is InChI=1S/C28H32N4O4/c1-17(2)31-24(16-29-18(3)33)32(30-15-14-23(34)27(35)26(30)28(31)36)25-21-10-6-4-8-19(21)12-13-20-9-5-7-11-22(20)25/h4-11,14-15,17,24-25,28,35-36H,12-13,16H2,1-3H3,(H,29,33). The second-order valence-electron chi connectivity index (χ2n) is 9.77. The molecule has 2 aromatic carbocycles. The lowest BCUT2D eigenvalue weighted by atomic mass is 9.93. The van der Waals surface area contributed by atoms with Gasteiger partial charge in [-0.1, -0.05) is 48.5 Å². The molecule has 1 amide bonds. The van der Waals surface area contributed by atoms with E-state index >= 15 is 0 Å². The molecule has 0 spiro atoms. The third-order valence-electron chi connectivity index (χ3n) is 7.27. The number of hydrogen-bond acceptors (Lipinski definition) is 6. The summed E-state index contributed by atoms with van der Waals surface area (Å²) >= 11 is 0. The van der Waals surface area contributed by atoms with Gasteiger partial charge in [-0.15, -0.1) is 0 Å². The van der Waals surface area contributed by atoms with Gasteiger partial charge in [-0.3, -0.25) is 19.3 Å². The Balaban J connectivity index is 1.83. The summed E-state index contributed by atoms with van der Waals surface area (Å²) in [7, 11) is 0. The lowest BCUT2D eigenvalue weighted by molar-refractivity contribution is -0.120. The molecule has 8 nitrogen and oxygen atoms in total. The zero-order chi connectivity index (χ0) is 25.6. The Morgan fingerprint density at radius 3 is 2.17 bits per heavy atom. The molecule has 2 unspecified atom stereocenters. The molecule has 1 aliphatic carbocycles. The molecule has 0 fully saturated rings. The van der Waals surface area contributed by atoms with Crippen molar-refractivity contribution < 1.29 is 15.0 Å². The van der Waals surface area contributed by atoms with E-state index in [0.717, 1.165) is 24.0 Å². The first-order chi connectivity index (χ1) is 17.3. The van der Waals surface area contributed by atoms with Crippen LogP contribution >= 0.6 is 0 Å². The highest BCUT2D eigenvalue weighted by atomic mass is 16.3. The second kappa shape index (κ2) is 9.44. The fourth-order valence-corrected chi connectivity index (χ4v) is 5.69. The van der Waals surface area contributed by atoms with Crippen LogP contribution in [-0.4, -0.2) is 44.4 Å². The van der Waals surface area contributed by atoms with Gasteiger partial charge in [-0.25, -0.2) is 4.90 Å². The highest BCUT2D eigenvalue weighted by Crippen LogP contribution is 2.42. The Hall–Kier alpha value is -3.62. The van der Waals surface area contributed by atoms with Gasteiger partial charge < -0.3 is 15.5 Å². The van der Waals surface area contributed by atoms with Crippen molar-refractivity contribution in [3.05, 3.63) is 99.0 Å². The average Bonchev–Trinajstić information content (AvgIpc) is 3.01. The second-order valence-corrected chi connectivity index (χ2v) is 9.77. The molecule has 3 N–H and O–H groups in total. The largest absolute Gasteiger partial charge is 0.503 e. The van der Waals surface area contributed by atoms with E-state index < -0.39 is 23.6 Å². The molecule has 0 saturated carbocycles. The summed E-state index contributed by atoms with van der Waals surface area (Å²) in [5.41, 5.74) is 4.22. The average molecular weight is 489 g/mol. The first-order valence-corrected chi connectivity index (χ1v) is 12.4. The summed E-state index contributed by atoms with van der Waals surface area (Å²) in [5.74, 6) is -0.655. The fraction of sp³-hybridized carbons (Fsp3) is 0.357. The van der Waals surface area contributed by atoms with Crippen LogP contribution in [0.15, 0.2) is 65.6 Å². The minimum Gasteiger partial charge on any atom is -0.503 e. The smallest absolute Gasteiger partial charge is 0.223 e. The number of hydrogen-bond donors (Lipinski definition) is 3. The molecule has 1 aliphatic heterocycles. The van der Waals surface area contributed by atoms with Crippen LogP contribution in [0.1, 0.15) is 61.0 Å². The van der Waals surface area contributed by atoms with E-state index in [9.17, 15) is 19.8 Å². The van der Waals surface area contributed by atoms with E-state index in [1.165, 1.54) is 24.1 Å². The highest BCUT2D eigenvalue weighted by molar-refractivity contribution is 5.72. The quantitative estimate of drug-likeness (QED) is 0.522. The van der Waals surface area contributed by atoms with Crippen molar-refractivity contribution in [1.29, 1.82) is 0 Å². The van der Waals surface area contributed by atoms with Crippen LogP contribution in [0.25, 0.3) is 0 Å². The Bertz CT molecular complexity index is 1300. The van der Waals surface area contributed by atoms with Crippen molar-refractivity contribution in [3.8, 4) is 5.75 Å². The number of fused-ring (bicyclic) bond motifs is 3. The first-order valence-electron chi connectivity index (χ1n) is 12.4. The summed E-state index contributed by atoms with van der Waals surface area (Å²) in [5, 5.41) is 27.3. The SMILES string of the molecule is CC(=O)NCC1N(C(C)C)C(O)c2c(O)c(=O)ccn2N1C1c2ccccc2CCc2ccccc21. The summed E-state index contributed by atoms with van der Waals surface area (Å²) < 4.78 is 1.70. The van der Waals surface area contributed by atoms with Crippen molar-refractivity contribution in [2.75, 3.05) is 11.6 Å². The van der Waals surface area contributed by atoms with Gasteiger partial charge in [0.25, 0.3) is 0 Å². The predicted octanol–water partition coefficient (Wildman–Crippen LogP) is 2.56. The normalized spacial score (nSPS) is 19.9. The highest BCUT2D eigenvalue weighted by Gasteiger charge is 2.45. The Morgan fingerprint density at radius 2 is 1.61 bits per heavy atom. The number of carbonyl (C=O) groups is 1. The van der Waals surface area contributed by atoms with Crippen molar-refractivity contribution in [2.24, 2.45) is 0 Å². The molecule has 1 aromatic heterocycles. The van der Waals surface area contributed by atoms with Gasteiger partial charge >= 0.3 is 0 Å². The lowest BCUT2D eigenvalue weighted by Gasteiger charge is -2.53. The van der Waals surface area contributed by atoms with Crippen LogP contribution in [0.5, 0.6) is 5.75 Å². The molecular weight excluding hydrogens is 456 g/mol. The number of amides is 1. The number of aromatic hydroxyl groups is 1. The number of aliphatic hydroxyl groups is 1. The van der Waals surface area contributed by atoms with Gasteiger partial charge in [0.05, 0.1) is 12.6 Å². The number of pyridine rings is 1. The van der Waals surface area contributed by atoms with Gasteiger partial charge in [0, 0.05) is 25.2 Å². The summed E-state index contributed by atoms with van der Waals surface area (Å²) in [6.45, 7) is 5.60. The van der Waals surface area contributed by atoms with Crippen molar-refractivity contribution >= 4 is 5.91 Å². The van der Waals surface area contributed by atoms with E-state index in [0.29, 0.717) is 0 Å². The maximum absolute atomic E-state index is 12.5. The van der Waals surface area contributed by atoms with Crippen LogP contribution in [0.4, 0.5) is 0 Å². The Kier molecular flexibility index (Phi) is 6.32. The van der Waals surface area contributed by atoms with Crippen molar-refractivity contribution in [2.45, 2.75) is 58.1 Å². The van der Waals surface area contributed by atoms with Crippen LogP contribution in [-0.2, 0) is 17.6 Å². The molecule has 8 heteroatoms. The third-order valence-corrected chi connectivity index (χ3v) is 7.27. The number of aromatic nitrogens is 1. The molecule has 3 aromatic rings. The number of aliphatic hydroxyl groups excluding tert-OH is 1. The molecule has 0 saturated heterocycles. The number of benzene rings is 2. The number of rotatable bonds is 4. The van der Waals surface area contributed by atoms with E-state index in [-0.39, 0.29) is 30.2 Å². The van der Waals surface area contributed by atoms with Gasteiger partial charge in [-0.2, -0.15) is 0 Å². The topological polar surface area (TPSA) is 98.0 Å². The minimum atomic E-state index is -1.25. The molecule has 0 radical (unpaired) electrons. The minimum absolute atomic E-state index is 0.120. The van der Waals surface area contributed by atoms with Gasteiger partial charge in [-0.05, 0) is 48.9 Å². The molecule has 2 aliphatic rings. The summed E-state index contributed by atoms with van der Waals surface area (Å²) in [4.78, 5) is 26.3. The van der Waals surface area contributed by atoms with E-state index in [2.05, 4.69) is 34.6 Å². The molecule has 36 heavy (non-hydrogen) atoms. The van der Waals surface area contributed by atoms with Crippen LogP contribution in [0, 0.1) is 0 Å². The Morgan fingerprint density at radius 1 is 1.03 bits per heavy atom. The zero-order valence-electron chi connectivity index (χ0n) is 20.8. The van der Waals surface area contributed by atoms with E-state index in [4.69, 9.17) is 0 Å². The Labute approximate surface area is 210 Å². The van der Waals surface area contributed by atoms with Crippen LogP contribution in [0.3, 0.4) is 0 Å². The molecule has 0 bridgehead atoms. The predicted molar refractivity (Wildman–Crippen MR) is 137 cm³/mol. The van der Waals surface area contributed by atoms with Gasteiger partial charge in [0.1, 0.15) is 11.9 Å². The fourth-order valence-electron chi connectivity index (χ4n) is 5.69. The third kappa shape index (κ3) is 3.96. The summed E-state index contributed by atoms with van der Waals surface area (Å²) in [6, 6.07) is 17.5. The molecule has 2 heterocycles. The van der Waals surface area contributed by atoms with Crippen LogP contribution in [0.2, 0.25) is 0 Å². The maximum Gasteiger partial charge on any atom is 0.223 e. The monoisotopic (exact) mass is 488 g/mol. The maximum atomic E-state index is 12.5. The zero-order valence-corrected chi connectivity index (χ0v) is 20.8. The first kappa shape index (κ1) is 24.1. The number of nitrogens with zero attached hydrogens (tertiary/aromatic N) is 3. The van der Waals surface area contributed by atoms with Crippen LogP contribution < -0.4 is 15.8 Å². The van der Waals surface area contributed by atoms with E-state index in [1.807, 2.05) is 43.0 Å². The van der Waals surface area contributed by atoms with Crippen molar-refractivity contribution in [3.63, 3.8) is 0 Å². The molecule has 188 valence electrons. The molecule has 5 rings (SSSR count). The number of aryl methyl sites for hydroxylation is 2. The van der Waals surface area contributed by atoms with Gasteiger partial charge in [0.15, 0.2) is 12.0 Å². The molecule has 2 atom stereocenters. The number of nitrogens with one attached hydrogen (secondary N) is 1. The van der Waals surface area contributed by atoms with Crippen molar-refractivity contribution in [1.82, 2.24) is 14.9 Å². The summed E-state index contributed by atoms with van der Waals surface area (Å²) in [6.07, 6.45) is 1.64. The van der Waals surface area contributed by atoms with Gasteiger partial charge in [0.2, 0.25) is 11.3 Å². The molecular formula is C28H32N4O4. The lowest BCUT2D eigenvalue weighted by Crippen LogP contribution is -2.65. The number of carbonyl (C=O) groups excluding carboxylic acids is 1.